The zero-order valence-corrected chi connectivity index (χ0v) is 17.1. The van der Waals surface area contributed by atoms with Gasteiger partial charge in [0.05, 0.1) is 18.7 Å². The third-order valence-electron chi connectivity index (χ3n) is 4.57. The van der Waals surface area contributed by atoms with Crippen molar-refractivity contribution in [2.45, 2.75) is 19.0 Å². The summed E-state index contributed by atoms with van der Waals surface area (Å²) in [6.45, 7) is 1.96. The summed E-state index contributed by atoms with van der Waals surface area (Å²) >= 11 is 3.35. The van der Waals surface area contributed by atoms with Crippen molar-refractivity contribution < 1.29 is 19.4 Å². The highest BCUT2D eigenvalue weighted by atomic mass is 79.9. The Bertz CT molecular complexity index is 920. The SMILES string of the molecule is COc1ccc(C2/C(=C(\O)c3ccc(Br)cc3)C(=O)C(=O)N2CC(C)N)cc1. The fraction of sp³-hybridized carbons (Fsp3) is 0.238. The molecule has 2 aromatic rings. The predicted octanol–water partition coefficient (Wildman–Crippen LogP) is 3.23. The summed E-state index contributed by atoms with van der Waals surface area (Å²) in [7, 11) is 1.56. The van der Waals surface area contributed by atoms with E-state index in [1.807, 2.05) is 0 Å². The van der Waals surface area contributed by atoms with E-state index in [9.17, 15) is 14.7 Å². The first-order valence-corrected chi connectivity index (χ1v) is 9.56. The van der Waals surface area contributed by atoms with E-state index in [0.29, 0.717) is 16.9 Å². The number of ketones is 1. The molecular formula is C21H21BrN2O4. The van der Waals surface area contributed by atoms with Crippen LogP contribution in [0.2, 0.25) is 0 Å². The van der Waals surface area contributed by atoms with Gasteiger partial charge in [0.1, 0.15) is 11.5 Å². The molecule has 3 rings (SSSR count). The number of carbonyl (C=O) groups is 2. The summed E-state index contributed by atoms with van der Waals surface area (Å²) < 4.78 is 6.03. The topological polar surface area (TPSA) is 92.9 Å². The van der Waals surface area contributed by atoms with Crippen molar-refractivity contribution in [3.8, 4) is 5.75 Å². The third-order valence-corrected chi connectivity index (χ3v) is 5.10. The number of Topliss-reactive ketones (excluding diaryl/α,β-unsaturated/α-hetero) is 1. The van der Waals surface area contributed by atoms with Gasteiger partial charge >= 0.3 is 0 Å². The Morgan fingerprint density at radius 2 is 1.79 bits per heavy atom. The number of halogens is 1. The van der Waals surface area contributed by atoms with E-state index in [-0.39, 0.29) is 23.9 Å². The van der Waals surface area contributed by atoms with Gasteiger partial charge in [-0.15, -0.1) is 0 Å². The molecule has 1 heterocycles. The van der Waals surface area contributed by atoms with E-state index in [1.165, 1.54) is 4.90 Å². The number of benzene rings is 2. The van der Waals surface area contributed by atoms with Crippen LogP contribution >= 0.6 is 15.9 Å². The molecule has 0 aliphatic carbocycles. The van der Waals surface area contributed by atoms with Crippen LogP contribution in [0.25, 0.3) is 5.76 Å². The molecule has 1 aliphatic heterocycles. The molecule has 2 aromatic carbocycles. The van der Waals surface area contributed by atoms with Gasteiger partial charge in [0.15, 0.2) is 0 Å². The molecule has 0 spiro atoms. The van der Waals surface area contributed by atoms with Gasteiger partial charge < -0.3 is 20.5 Å². The molecule has 0 aromatic heterocycles. The molecule has 0 bridgehead atoms. The maximum Gasteiger partial charge on any atom is 0.295 e. The van der Waals surface area contributed by atoms with Gasteiger partial charge in [0, 0.05) is 22.6 Å². The van der Waals surface area contributed by atoms with Gasteiger partial charge in [-0.2, -0.15) is 0 Å². The van der Waals surface area contributed by atoms with Crippen LogP contribution in [-0.4, -0.2) is 41.4 Å². The molecule has 1 fully saturated rings. The van der Waals surface area contributed by atoms with Crippen LogP contribution in [0.15, 0.2) is 58.6 Å². The van der Waals surface area contributed by atoms with E-state index in [1.54, 1.807) is 62.6 Å². The van der Waals surface area contributed by atoms with Crippen LogP contribution in [0.1, 0.15) is 24.1 Å². The van der Waals surface area contributed by atoms with Crippen LogP contribution in [0.3, 0.4) is 0 Å². The molecule has 1 saturated heterocycles. The lowest BCUT2D eigenvalue weighted by atomic mass is 9.95. The second-order valence-corrected chi connectivity index (χ2v) is 7.62. The van der Waals surface area contributed by atoms with E-state index in [0.717, 1.165) is 4.47 Å². The summed E-state index contributed by atoms with van der Waals surface area (Å²) in [6, 6.07) is 12.9. The van der Waals surface area contributed by atoms with Crippen molar-refractivity contribution in [2.24, 2.45) is 5.73 Å². The monoisotopic (exact) mass is 444 g/mol. The Hall–Kier alpha value is -2.64. The van der Waals surface area contributed by atoms with Crippen molar-refractivity contribution in [1.29, 1.82) is 0 Å². The van der Waals surface area contributed by atoms with Crippen LogP contribution in [0.4, 0.5) is 0 Å². The first kappa shape index (κ1) is 20.1. The average Bonchev–Trinajstić information content (AvgIpc) is 2.92. The number of nitrogens with two attached hydrogens (primary N) is 1. The fourth-order valence-electron chi connectivity index (χ4n) is 3.27. The molecular weight excluding hydrogens is 424 g/mol. The normalized spacial score (nSPS) is 19.7. The largest absolute Gasteiger partial charge is 0.507 e. The predicted molar refractivity (Wildman–Crippen MR) is 110 cm³/mol. The highest BCUT2D eigenvalue weighted by Gasteiger charge is 2.46. The second kappa shape index (κ2) is 8.16. The van der Waals surface area contributed by atoms with E-state index in [4.69, 9.17) is 10.5 Å². The number of rotatable bonds is 5. The van der Waals surface area contributed by atoms with Crippen LogP contribution in [0.5, 0.6) is 5.75 Å². The molecule has 146 valence electrons. The molecule has 2 atom stereocenters. The Kier molecular flexibility index (Phi) is 5.86. The number of hydrogen-bond donors (Lipinski definition) is 2. The number of aliphatic hydroxyl groups excluding tert-OH is 1. The lowest BCUT2D eigenvalue weighted by Crippen LogP contribution is -2.38. The summed E-state index contributed by atoms with van der Waals surface area (Å²) in [5.41, 5.74) is 7.11. The smallest absolute Gasteiger partial charge is 0.295 e. The lowest BCUT2D eigenvalue weighted by Gasteiger charge is -2.26. The summed E-state index contributed by atoms with van der Waals surface area (Å²) in [5, 5.41) is 10.9. The van der Waals surface area contributed by atoms with Crippen molar-refractivity contribution >= 4 is 33.4 Å². The fourth-order valence-corrected chi connectivity index (χ4v) is 3.54. The number of nitrogens with zero attached hydrogens (tertiary/aromatic N) is 1. The lowest BCUT2D eigenvalue weighted by molar-refractivity contribution is -0.140. The second-order valence-electron chi connectivity index (χ2n) is 6.71. The van der Waals surface area contributed by atoms with Gasteiger partial charge in [-0.3, -0.25) is 9.59 Å². The summed E-state index contributed by atoms with van der Waals surface area (Å²) in [4.78, 5) is 26.9. The number of hydrogen-bond acceptors (Lipinski definition) is 5. The molecule has 2 unspecified atom stereocenters. The standard InChI is InChI=1S/C21H21BrN2O4/c1-12(23)11-24-18(13-5-9-16(28-2)10-6-13)17(20(26)21(24)27)19(25)14-3-7-15(22)8-4-14/h3-10,12,18,25H,11,23H2,1-2H3/b19-17+. The zero-order chi connectivity index (χ0) is 20.4. The minimum atomic E-state index is -0.722. The number of amides is 1. The van der Waals surface area contributed by atoms with Crippen LogP contribution in [-0.2, 0) is 9.59 Å². The molecule has 28 heavy (non-hydrogen) atoms. The Balaban J connectivity index is 2.16. The van der Waals surface area contributed by atoms with E-state index in [2.05, 4.69) is 15.9 Å². The van der Waals surface area contributed by atoms with Gasteiger partial charge in [-0.25, -0.2) is 0 Å². The number of aliphatic hydroxyl groups is 1. The first-order valence-electron chi connectivity index (χ1n) is 8.77. The molecule has 6 nitrogen and oxygen atoms in total. The first-order chi connectivity index (χ1) is 13.3. The number of likely N-dealkylation sites (tertiary alicyclic amines) is 1. The van der Waals surface area contributed by atoms with Crippen molar-refractivity contribution in [3.63, 3.8) is 0 Å². The van der Waals surface area contributed by atoms with Crippen molar-refractivity contribution in [1.82, 2.24) is 4.90 Å². The third kappa shape index (κ3) is 3.81. The summed E-state index contributed by atoms with van der Waals surface area (Å²) in [5.74, 6) is -0.946. The van der Waals surface area contributed by atoms with Gasteiger partial charge in [0.25, 0.3) is 11.7 Å². The maximum atomic E-state index is 12.8. The molecule has 1 amide bonds. The molecule has 3 N–H and O–H groups in total. The highest BCUT2D eigenvalue weighted by molar-refractivity contribution is 9.10. The van der Waals surface area contributed by atoms with Crippen molar-refractivity contribution in [2.75, 3.05) is 13.7 Å². The Morgan fingerprint density at radius 3 is 2.32 bits per heavy atom. The average molecular weight is 445 g/mol. The molecule has 0 saturated carbocycles. The molecule has 0 radical (unpaired) electrons. The van der Waals surface area contributed by atoms with Gasteiger partial charge in [0.2, 0.25) is 0 Å². The number of ether oxygens (including phenoxy) is 1. The minimum absolute atomic E-state index is 0.0538. The van der Waals surface area contributed by atoms with Crippen molar-refractivity contribution in [3.05, 3.63) is 69.7 Å². The summed E-state index contributed by atoms with van der Waals surface area (Å²) in [6.07, 6.45) is 0. The van der Waals surface area contributed by atoms with Crippen LogP contribution in [0, 0.1) is 0 Å². The van der Waals surface area contributed by atoms with E-state index >= 15 is 0 Å². The van der Waals surface area contributed by atoms with E-state index < -0.39 is 17.7 Å². The zero-order valence-electron chi connectivity index (χ0n) is 15.6. The number of carbonyl (C=O) groups excluding carboxylic acids is 2. The maximum absolute atomic E-state index is 12.8. The Labute approximate surface area is 171 Å². The van der Waals surface area contributed by atoms with Gasteiger partial charge in [-0.1, -0.05) is 40.2 Å². The Morgan fingerprint density at radius 1 is 1.18 bits per heavy atom. The van der Waals surface area contributed by atoms with Crippen LogP contribution < -0.4 is 10.5 Å². The highest BCUT2D eigenvalue weighted by Crippen LogP contribution is 2.39. The number of methoxy groups -OCH3 is 1. The molecule has 7 heteroatoms. The quantitative estimate of drug-likeness (QED) is 0.419. The minimum Gasteiger partial charge on any atom is -0.507 e. The van der Waals surface area contributed by atoms with Gasteiger partial charge in [-0.05, 0) is 36.8 Å². The molecule has 1 aliphatic rings.